The predicted molar refractivity (Wildman–Crippen MR) is 67.1 cm³/mol. The maximum atomic E-state index is 11.9. The Balaban J connectivity index is 2.56. The number of sulfone groups is 1. The van der Waals surface area contributed by atoms with E-state index in [0.717, 1.165) is 6.26 Å². The Morgan fingerprint density at radius 2 is 1.95 bits per heavy atom. The molecule has 0 aliphatic heterocycles. The van der Waals surface area contributed by atoms with Gasteiger partial charge >= 0.3 is 6.18 Å². The van der Waals surface area contributed by atoms with Crippen molar-refractivity contribution in [1.82, 2.24) is 5.32 Å². The van der Waals surface area contributed by atoms with Gasteiger partial charge in [-0.1, -0.05) is 6.07 Å². The second-order valence-electron chi connectivity index (χ2n) is 4.05. The van der Waals surface area contributed by atoms with E-state index in [1.165, 1.54) is 24.3 Å². The summed E-state index contributed by atoms with van der Waals surface area (Å²) in [6.45, 7) is -1.79. The van der Waals surface area contributed by atoms with Crippen LogP contribution in [0.1, 0.15) is 0 Å². The third-order valence-corrected chi connectivity index (χ3v) is 3.31. The number of halogens is 3. The monoisotopic (exact) mass is 310 g/mol. The molecule has 0 aromatic heterocycles. The number of alkyl halides is 3. The second-order valence-corrected chi connectivity index (χ2v) is 6.06. The van der Waals surface area contributed by atoms with Gasteiger partial charge in [0.05, 0.1) is 11.4 Å². The smallest absolute Gasteiger partial charge is 0.376 e. The van der Waals surface area contributed by atoms with E-state index >= 15 is 0 Å². The predicted octanol–water partition coefficient (Wildman–Crippen LogP) is 1.18. The molecular weight excluding hydrogens is 297 g/mol. The molecule has 0 bridgehead atoms. The summed E-state index contributed by atoms with van der Waals surface area (Å²) in [4.78, 5) is 11.2. The van der Waals surface area contributed by atoms with Crippen molar-refractivity contribution in [2.24, 2.45) is 0 Å². The number of carbonyl (C=O) groups excluding carboxylic acids is 1. The van der Waals surface area contributed by atoms with Gasteiger partial charge in [-0.25, -0.2) is 8.42 Å². The van der Waals surface area contributed by atoms with Gasteiger partial charge < -0.3 is 10.6 Å². The van der Waals surface area contributed by atoms with Crippen LogP contribution in [-0.4, -0.2) is 39.8 Å². The van der Waals surface area contributed by atoms with Crippen LogP contribution in [0.4, 0.5) is 18.9 Å². The largest absolute Gasteiger partial charge is 0.405 e. The van der Waals surface area contributed by atoms with E-state index in [4.69, 9.17) is 0 Å². The van der Waals surface area contributed by atoms with Crippen molar-refractivity contribution in [2.45, 2.75) is 11.1 Å². The van der Waals surface area contributed by atoms with Crippen molar-refractivity contribution in [1.29, 1.82) is 0 Å². The molecule has 0 unspecified atom stereocenters. The zero-order valence-electron chi connectivity index (χ0n) is 10.5. The first kappa shape index (κ1) is 16.3. The van der Waals surface area contributed by atoms with Gasteiger partial charge in [-0.2, -0.15) is 13.2 Å². The van der Waals surface area contributed by atoms with Crippen LogP contribution in [0.15, 0.2) is 29.2 Å². The van der Waals surface area contributed by atoms with Crippen LogP contribution < -0.4 is 10.6 Å². The Bertz CT molecular complexity index is 585. The van der Waals surface area contributed by atoms with Gasteiger partial charge in [0.1, 0.15) is 6.54 Å². The van der Waals surface area contributed by atoms with Gasteiger partial charge in [0.2, 0.25) is 5.91 Å². The summed E-state index contributed by atoms with van der Waals surface area (Å²) in [5, 5.41) is 4.24. The second kappa shape index (κ2) is 6.12. The Hall–Kier alpha value is -1.77. The minimum absolute atomic E-state index is 0.0539. The van der Waals surface area contributed by atoms with Crippen molar-refractivity contribution in [2.75, 3.05) is 24.7 Å². The average Bonchev–Trinajstić information content (AvgIpc) is 2.32. The van der Waals surface area contributed by atoms with Crippen LogP contribution in [0.5, 0.6) is 0 Å². The van der Waals surface area contributed by atoms with Crippen molar-refractivity contribution >= 4 is 21.4 Å². The molecule has 0 spiro atoms. The van der Waals surface area contributed by atoms with Gasteiger partial charge in [0.15, 0.2) is 9.84 Å². The van der Waals surface area contributed by atoms with Crippen LogP contribution in [0.3, 0.4) is 0 Å². The summed E-state index contributed by atoms with van der Waals surface area (Å²) >= 11 is 0. The molecular formula is C11H13F3N2O3S. The molecule has 0 fully saturated rings. The first-order valence-electron chi connectivity index (χ1n) is 5.45. The molecule has 112 valence electrons. The number of hydrogen-bond acceptors (Lipinski definition) is 4. The Kier molecular flexibility index (Phi) is 4.98. The van der Waals surface area contributed by atoms with Crippen LogP contribution in [0, 0.1) is 0 Å². The molecule has 9 heteroatoms. The van der Waals surface area contributed by atoms with E-state index < -0.39 is 28.5 Å². The lowest BCUT2D eigenvalue weighted by atomic mass is 10.3. The minimum Gasteiger partial charge on any atom is -0.376 e. The summed E-state index contributed by atoms with van der Waals surface area (Å²) in [6.07, 6.45) is -3.44. The molecule has 1 rings (SSSR count). The van der Waals surface area contributed by atoms with Crippen molar-refractivity contribution in [3.63, 3.8) is 0 Å². The van der Waals surface area contributed by atoms with E-state index in [1.54, 1.807) is 5.32 Å². The molecule has 1 aromatic rings. The van der Waals surface area contributed by atoms with Crippen molar-refractivity contribution in [3.8, 4) is 0 Å². The first-order chi connectivity index (χ1) is 9.08. The number of nitrogens with one attached hydrogen (secondary N) is 2. The molecule has 0 atom stereocenters. The molecule has 1 aromatic carbocycles. The molecule has 0 saturated carbocycles. The number of rotatable bonds is 5. The van der Waals surface area contributed by atoms with Gasteiger partial charge in [0, 0.05) is 11.9 Å². The molecule has 0 saturated heterocycles. The van der Waals surface area contributed by atoms with Gasteiger partial charge in [-0.3, -0.25) is 4.79 Å². The lowest BCUT2D eigenvalue weighted by molar-refractivity contribution is -0.137. The zero-order chi connectivity index (χ0) is 15.4. The standard InChI is InChI=1S/C11H13F3N2O3S/c1-20(18,19)9-4-2-3-8(5-9)15-6-10(17)16-7-11(12,13)14/h2-5,15H,6-7H2,1H3,(H,16,17). The number of anilines is 1. The molecule has 20 heavy (non-hydrogen) atoms. The van der Waals surface area contributed by atoms with Gasteiger partial charge in [-0.15, -0.1) is 0 Å². The molecule has 0 aliphatic carbocycles. The van der Waals surface area contributed by atoms with E-state index in [0.29, 0.717) is 5.69 Å². The Labute approximate surface area is 114 Å². The van der Waals surface area contributed by atoms with Gasteiger partial charge in [0.25, 0.3) is 0 Å². The van der Waals surface area contributed by atoms with Crippen LogP contribution in [0.25, 0.3) is 0 Å². The van der Waals surface area contributed by atoms with E-state index in [1.807, 2.05) is 0 Å². The highest BCUT2D eigenvalue weighted by atomic mass is 32.2. The highest BCUT2D eigenvalue weighted by molar-refractivity contribution is 7.90. The van der Waals surface area contributed by atoms with Gasteiger partial charge in [-0.05, 0) is 18.2 Å². The molecule has 0 radical (unpaired) electrons. The summed E-state index contributed by atoms with van der Waals surface area (Å²) in [5.41, 5.74) is 0.329. The first-order valence-corrected chi connectivity index (χ1v) is 7.34. The number of carbonyl (C=O) groups is 1. The fourth-order valence-electron chi connectivity index (χ4n) is 1.28. The molecule has 0 heterocycles. The molecule has 2 N–H and O–H groups in total. The minimum atomic E-state index is -4.47. The maximum absolute atomic E-state index is 11.9. The van der Waals surface area contributed by atoms with Crippen molar-refractivity contribution in [3.05, 3.63) is 24.3 Å². The van der Waals surface area contributed by atoms with Crippen LogP contribution in [0.2, 0.25) is 0 Å². The van der Waals surface area contributed by atoms with E-state index in [-0.39, 0.29) is 11.4 Å². The molecule has 1 amide bonds. The van der Waals surface area contributed by atoms with E-state index in [2.05, 4.69) is 5.32 Å². The third-order valence-electron chi connectivity index (χ3n) is 2.20. The SMILES string of the molecule is CS(=O)(=O)c1cccc(NCC(=O)NCC(F)(F)F)c1. The highest BCUT2D eigenvalue weighted by Crippen LogP contribution is 2.15. The van der Waals surface area contributed by atoms with Crippen LogP contribution in [-0.2, 0) is 14.6 Å². The summed E-state index contributed by atoms with van der Waals surface area (Å²) in [5.74, 6) is -0.841. The van der Waals surface area contributed by atoms with Crippen molar-refractivity contribution < 1.29 is 26.4 Å². The molecule has 0 aliphatic rings. The Morgan fingerprint density at radius 3 is 2.50 bits per heavy atom. The zero-order valence-corrected chi connectivity index (χ0v) is 11.3. The maximum Gasteiger partial charge on any atom is 0.405 e. The highest BCUT2D eigenvalue weighted by Gasteiger charge is 2.27. The summed E-state index contributed by atoms with van der Waals surface area (Å²) < 4.78 is 58.2. The fraction of sp³-hybridized carbons (Fsp3) is 0.364. The summed E-state index contributed by atoms with van der Waals surface area (Å²) in [7, 11) is -3.38. The average molecular weight is 310 g/mol. The Morgan fingerprint density at radius 1 is 1.30 bits per heavy atom. The fourth-order valence-corrected chi connectivity index (χ4v) is 1.95. The van der Waals surface area contributed by atoms with Crippen LogP contribution >= 0.6 is 0 Å². The number of hydrogen-bond donors (Lipinski definition) is 2. The normalized spacial score (nSPS) is 12.0. The quantitative estimate of drug-likeness (QED) is 0.856. The third kappa shape index (κ3) is 5.91. The molecule has 5 nitrogen and oxygen atoms in total. The lowest BCUT2D eigenvalue weighted by Crippen LogP contribution is -2.37. The summed E-state index contributed by atoms with van der Waals surface area (Å²) in [6, 6.07) is 5.65. The topological polar surface area (TPSA) is 75.3 Å². The lowest BCUT2D eigenvalue weighted by Gasteiger charge is -2.10. The van der Waals surface area contributed by atoms with E-state index in [9.17, 15) is 26.4 Å². The number of benzene rings is 1. The number of amides is 1.